The van der Waals surface area contributed by atoms with Crippen LogP contribution in [0.4, 0.5) is 11.5 Å². The van der Waals surface area contributed by atoms with Gasteiger partial charge in [0.2, 0.25) is 20.9 Å². The topological polar surface area (TPSA) is 111 Å². The highest BCUT2D eigenvalue weighted by atomic mass is 32.2. The lowest BCUT2D eigenvalue weighted by molar-refractivity contribution is -0.113. The Balaban J connectivity index is 1.60. The predicted octanol–water partition coefficient (Wildman–Crippen LogP) is 2.66. The van der Waals surface area contributed by atoms with Gasteiger partial charge in [0.05, 0.1) is 19.7 Å². The Bertz CT molecular complexity index is 1260. The van der Waals surface area contributed by atoms with Crippen molar-refractivity contribution in [2.45, 2.75) is 18.0 Å². The molecule has 3 aromatic rings. The highest BCUT2D eigenvalue weighted by molar-refractivity contribution is 7.92. The SMILES string of the molecule is COc1ccc(NC(=O)CS(=O)(=O)c2nc(N3CCCC3)c3ccccc3n2)cc1OC. The molecule has 1 amide bonds. The summed E-state index contributed by atoms with van der Waals surface area (Å²) in [5, 5.41) is 3.03. The number of methoxy groups -OCH3 is 2. The quantitative estimate of drug-likeness (QED) is 0.540. The van der Waals surface area contributed by atoms with E-state index in [1.54, 1.807) is 30.3 Å². The average Bonchev–Trinajstić information content (AvgIpc) is 3.32. The molecule has 2 heterocycles. The largest absolute Gasteiger partial charge is 0.493 e. The molecule has 32 heavy (non-hydrogen) atoms. The number of ether oxygens (including phenoxy) is 2. The van der Waals surface area contributed by atoms with E-state index in [1.165, 1.54) is 14.2 Å². The lowest BCUT2D eigenvalue weighted by Crippen LogP contribution is -2.26. The number of aromatic nitrogens is 2. The summed E-state index contributed by atoms with van der Waals surface area (Å²) in [7, 11) is -1.09. The molecule has 1 aromatic heterocycles. The smallest absolute Gasteiger partial charge is 0.250 e. The van der Waals surface area contributed by atoms with Crippen LogP contribution in [0.2, 0.25) is 0 Å². The monoisotopic (exact) mass is 456 g/mol. The maximum absolute atomic E-state index is 13.0. The van der Waals surface area contributed by atoms with Crippen molar-refractivity contribution in [3.8, 4) is 11.5 Å². The number of hydrogen-bond donors (Lipinski definition) is 1. The molecule has 0 bridgehead atoms. The molecule has 168 valence electrons. The van der Waals surface area contributed by atoms with Crippen molar-refractivity contribution in [3.63, 3.8) is 0 Å². The molecule has 0 spiro atoms. The number of amides is 1. The number of hydrogen-bond acceptors (Lipinski definition) is 8. The van der Waals surface area contributed by atoms with Crippen molar-refractivity contribution < 1.29 is 22.7 Å². The van der Waals surface area contributed by atoms with Gasteiger partial charge in [0.1, 0.15) is 11.6 Å². The Morgan fingerprint density at radius 1 is 1.03 bits per heavy atom. The zero-order valence-electron chi connectivity index (χ0n) is 17.9. The van der Waals surface area contributed by atoms with Crippen molar-refractivity contribution in [3.05, 3.63) is 42.5 Å². The Kier molecular flexibility index (Phi) is 6.13. The lowest BCUT2D eigenvalue weighted by Gasteiger charge is -2.19. The van der Waals surface area contributed by atoms with Crippen LogP contribution in [0, 0.1) is 0 Å². The van der Waals surface area contributed by atoms with Gasteiger partial charge in [0.15, 0.2) is 11.5 Å². The summed E-state index contributed by atoms with van der Waals surface area (Å²) in [5.41, 5.74) is 0.920. The predicted molar refractivity (Wildman–Crippen MR) is 121 cm³/mol. The molecule has 1 fully saturated rings. The van der Waals surface area contributed by atoms with Gasteiger partial charge in [0.25, 0.3) is 0 Å². The average molecular weight is 457 g/mol. The molecule has 1 saturated heterocycles. The Labute approximate surface area is 186 Å². The minimum Gasteiger partial charge on any atom is -0.493 e. The summed E-state index contributed by atoms with van der Waals surface area (Å²) in [6.07, 6.45) is 2.04. The number of sulfone groups is 1. The first-order chi connectivity index (χ1) is 15.4. The van der Waals surface area contributed by atoms with Gasteiger partial charge in [-0.3, -0.25) is 4.79 Å². The summed E-state index contributed by atoms with van der Waals surface area (Å²) >= 11 is 0. The zero-order chi connectivity index (χ0) is 22.7. The number of carbonyl (C=O) groups is 1. The van der Waals surface area contributed by atoms with E-state index in [2.05, 4.69) is 20.2 Å². The number of carbonyl (C=O) groups excluding carboxylic acids is 1. The van der Waals surface area contributed by atoms with E-state index >= 15 is 0 Å². The number of fused-ring (bicyclic) bond motifs is 1. The fraction of sp³-hybridized carbons (Fsp3) is 0.318. The van der Waals surface area contributed by atoms with Crippen molar-refractivity contribution in [2.75, 3.05) is 43.3 Å². The maximum Gasteiger partial charge on any atom is 0.250 e. The number of anilines is 2. The molecular weight excluding hydrogens is 432 g/mol. The first-order valence-electron chi connectivity index (χ1n) is 10.2. The van der Waals surface area contributed by atoms with Crippen LogP contribution >= 0.6 is 0 Å². The summed E-state index contributed by atoms with van der Waals surface area (Å²) in [6, 6.07) is 12.1. The third-order valence-corrected chi connectivity index (χ3v) is 6.62. The highest BCUT2D eigenvalue weighted by Gasteiger charge is 2.26. The van der Waals surface area contributed by atoms with E-state index in [1.807, 2.05) is 12.1 Å². The van der Waals surface area contributed by atoms with Crippen molar-refractivity contribution >= 4 is 38.2 Å². The number of nitrogens with one attached hydrogen (secondary N) is 1. The second-order valence-corrected chi connectivity index (χ2v) is 9.30. The molecule has 4 rings (SSSR count). The molecule has 1 aliphatic rings. The van der Waals surface area contributed by atoms with E-state index in [9.17, 15) is 13.2 Å². The second-order valence-electron chi connectivity index (χ2n) is 7.42. The van der Waals surface area contributed by atoms with Gasteiger partial charge in [0, 0.05) is 30.2 Å². The van der Waals surface area contributed by atoms with Crippen molar-refractivity contribution in [1.82, 2.24) is 9.97 Å². The van der Waals surface area contributed by atoms with E-state index < -0.39 is 21.5 Å². The highest BCUT2D eigenvalue weighted by Crippen LogP contribution is 2.30. The molecule has 0 aliphatic carbocycles. The van der Waals surface area contributed by atoms with Crippen LogP contribution in [0.25, 0.3) is 10.9 Å². The third kappa shape index (κ3) is 4.45. The number of para-hydroxylation sites is 1. The molecule has 9 nitrogen and oxygen atoms in total. The van der Waals surface area contributed by atoms with Crippen LogP contribution < -0.4 is 19.7 Å². The minimum absolute atomic E-state index is 0.347. The normalized spacial score (nSPS) is 13.9. The fourth-order valence-electron chi connectivity index (χ4n) is 3.70. The third-order valence-electron chi connectivity index (χ3n) is 5.23. The number of nitrogens with zero attached hydrogens (tertiary/aromatic N) is 3. The van der Waals surface area contributed by atoms with E-state index in [0.29, 0.717) is 28.5 Å². The molecule has 1 N–H and O–H groups in total. The molecule has 0 unspecified atom stereocenters. The summed E-state index contributed by atoms with van der Waals surface area (Å²) in [4.78, 5) is 23.2. The summed E-state index contributed by atoms with van der Waals surface area (Å²) in [5.74, 6) is 0.0288. The molecule has 0 saturated carbocycles. The first-order valence-corrected chi connectivity index (χ1v) is 11.8. The van der Waals surface area contributed by atoms with Gasteiger partial charge >= 0.3 is 0 Å². The van der Waals surface area contributed by atoms with Gasteiger partial charge in [-0.25, -0.2) is 18.4 Å². The number of rotatable bonds is 7. The van der Waals surface area contributed by atoms with E-state index in [-0.39, 0.29) is 5.16 Å². The summed E-state index contributed by atoms with van der Waals surface area (Å²) in [6.45, 7) is 1.61. The lowest BCUT2D eigenvalue weighted by atomic mass is 10.2. The van der Waals surface area contributed by atoms with Crippen LogP contribution in [0.5, 0.6) is 11.5 Å². The molecule has 0 radical (unpaired) electrons. The van der Waals surface area contributed by atoms with Crippen LogP contribution in [0.3, 0.4) is 0 Å². The fourth-order valence-corrected chi connectivity index (χ4v) is 4.71. The van der Waals surface area contributed by atoms with Crippen LogP contribution in [0.15, 0.2) is 47.6 Å². The summed E-state index contributed by atoms with van der Waals surface area (Å²) < 4.78 is 36.4. The molecule has 1 aliphatic heterocycles. The second kappa shape index (κ2) is 8.99. The van der Waals surface area contributed by atoms with Crippen LogP contribution in [-0.2, 0) is 14.6 Å². The Hall–Kier alpha value is -3.40. The van der Waals surface area contributed by atoms with Gasteiger partial charge in [-0.05, 0) is 37.1 Å². The standard InChI is InChI=1S/C22H24N4O5S/c1-30-18-10-9-15(13-19(18)31-2)23-20(27)14-32(28,29)22-24-17-8-4-3-7-16(17)21(25-22)26-11-5-6-12-26/h3-4,7-10,13H,5-6,11-12,14H2,1-2H3,(H,23,27). The maximum atomic E-state index is 13.0. The Morgan fingerprint density at radius 2 is 1.75 bits per heavy atom. The van der Waals surface area contributed by atoms with E-state index in [4.69, 9.17) is 9.47 Å². The van der Waals surface area contributed by atoms with Crippen LogP contribution in [0.1, 0.15) is 12.8 Å². The van der Waals surface area contributed by atoms with Crippen molar-refractivity contribution in [2.24, 2.45) is 0 Å². The Morgan fingerprint density at radius 3 is 2.47 bits per heavy atom. The molecular formula is C22H24N4O5S. The zero-order valence-corrected chi connectivity index (χ0v) is 18.7. The minimum atomic E-state index is -4.07. The van der Waals surface area contributed by atoms with Gasteiger partial charge in [-0.1, -0.05) is 12.1 Å². The molecule has 2 aromatic carbocycles. The van der Waals surface area contributed by atoms with Gasteiger partial charge in [-0.15, -0.1) is 0 Å². The molecule has 10 heteroatoms. The number of benzene rings is 2. The van der Waals surface area contributed by atoms with Crippen LogP contribution in [-0.4, -0.2) is 57.4 Å². The van der Waals surface area contributed by atoms with Gasteiger partial charge < -0.3 is 19.7 Å². The molecule has 0 atom stereocenters. The van der Waals surface area contributed by atoms with E-state index in [0.717, 1.165) is 31.3 Å². The van der Waals surface area contributed by atoms with Crippen molar-refractivity contribution in [1.29, 1.82) is 0 Å². The van der Waals surface area contributed by atoms with Gasteiger partial charge in [-0.2, -0.15) is 0 Å². The first kappa shape index (κ1) is 21.8.